The highest BCUT2D eigenvalue weighted by atomic mass is 16.3. The van der Waals surface area contributed by atoms with Crippen LogP contribution in [0.5, 0.6) is 0 Å². The fourth-order valence-corrected chi connectivity index (χ4v) is 2.23. The summed E-state index contributed by atoms with van der Waals surface area (Å²) in [4.78, 5) is 0. The van der Waals surface area contributed by atoms with Crippen LogP contribution in [0.25, 0.3) is 0 Å². The van der Waals surface area contributed by atoms with E-state index >= 15 is 0 Å². The molecule has 1 aliphatic rings. The average molecular weight is 220 g/mol. The van der Waals surface area contributed by atoms with E-state index < -0.39 is 0 Å². The molecule has 0 saturated carbocycles. The van der Waals surface area contributed by atoms with Gasteiger partial charge in [-0.25, -0.2) is 0 Å². The molecule has 16 heavy (non-hydrogen) atoms. The SMILES string of the molecule is OC[C@@H]1CNCC[C@H]1NCc1ccccc1. The Labute approximate surface area is 96.9 Å². The summed E-state index contributed by atoms with van der Waals surface area (Å²) in [5.74, 6) is 0.345. The molecule has 0 aromatic heterocycles. The van der Waals surface area contributed by atoms with Gasteiger partial charge in [0.15, 0.2) is 0 Å². The van der Waals surface area contributed by atoms with E-state index in [0.29, 0.717) is 12.0 Å². The molecule has 0 amide bonds. The second kappa shape index (κ2) is 5.99. The molecule has 1 heterocycles. The van der Waals surface area contributed by atoms with Crippen molar-refractivity contribution < 1.29 is 5.11 Å². The van der Waals surface area contributed by atoms with E-state index in [-0.39, 0.29) is 6.61 Å². The molecule has 1 aromatic rings. The lowest BCUT2D eigenvalue weighted by atomic mass is 9.94. The number of benzene rings is 1. The van der Waals surface area contributed by atoms with Crippen molar-refractivity contribution in [3.8, 4) is 0 Å². The van der Waals surface area contributed by atoms with Crippen LogP contribution in [-0.2, 0) is 6.54 Å². The van der Waals surface area contributed by atoms with Gasteiger partial charge in [-0.3, -0.25) is 0 Å². The number of rotatable bonds is 4. The summed E-state index contributed by atoms with van der Waals surface area (Å²) in [5.41, 5.74) is 1.30. The van der Waals surface area contributed by atoms with Crippen molar-refractivity contribution in [2.45, 2.75) is 19.0 Å². The second-order valence-electron chi connectivity index (χ2n) is 4.41. The number of aliphatic hydroxyl groups excluding tert-OH is 1. The third-order valence-corrected chi connectivity index (χ3v) is 3.25. The zero-order chi connectivity index (χ0) is 11.2. The molecule has 3 N–H and O–H groups in total. The van der Waals surface area contributed by atoms with Crippen molar-refractivity contribution in [1.82, 2.24) is 10.6 Å². The van der Waals surface area contributed by atoms with Gasteiger partial charge in [-0.05, 0) is 18.5 Å². The Hall–Kier alpha value is -0.900. The number of aliphatic hydroxyl groups is 1. The van der Waals surface area contributed by atoms with Crippen LogP contribution >= 0.6 is 0 Å². The van der Waals surface area contributed by atoms with Crippen molar-refractivity contribution in [2.24, 2.45) is 5.92 Å². The van der Waals surface area contributed by atoms with Gasteiger partial charge >= 0.3 is 0 Å². The molecule has 88 valence electrons. The highest BCUT2D eigenvalue weighted by Crippen LogP contribution is 2.11. The molecule has 0 aliphatic carbocycles. The van der Waals surface area contributed by atoms with Gasteiger partial charge in [0.2, 0.25) is 0 Å². The maximum Gasteiger partial charge on any atom is 0.0486 e. The van der Waals surface area contributed by atoms with Gasteiger partial charge in [-0.2, -0.15) is 0 Å². The monoisotopic (exact) mass is 220 g/mol. The summed E-state index contributed by atoms with van der Waals surface area (Å²) in [7, 11) is 0. The molecule has 1 aromatic carbocycles. The van der Waals surface area contributed by atoms with Gasteiger partial charge < -0.3 is 15.7 Å². The first-order chi connectivity index (χ1) is 7.90. The summed E-state index contributed by atoms with van der Waals surface area (Å²) >= 11 is 0. The van der Waals surface area contributed by atoms with E-state index in [9.17, 15) is 5.11 Å². The quantitative estimate of drug-likeness (QED) is 0.701. The van der Waals surface area contributed by atoms with Gasteiger partial charge in [0.25, 0.3) is 0 Å². The molecule has 3 heteroatoms. The fourth-order valence-electron chi connectivity index (χ4n) is 2.23. The van der Waals surface area contributed by atoms with Crippen molar-refractivity contribution in [3.63, 3.8) is 0 Å². The molecule has 0 bridgehead atoms. The summed E-state index contributed by atoms with van der Waals surface area (Å²) < 4.78 is 0. The first-order valence-electron chi connectivity index (χ1n) is 5.99. The first kappa shape index (κ1) is 11.6. The van der Waals surface area contributed by atoms with Gasteiger partial charge in [0.1, 0.15) is 0 Å². The minimum Gasteiger partial charge on any atom is -0.396 e. The minimum absolute atomic E-state index is 0.263. The molecule has 2 rings (SSSR count). The van der Waals surface area contributed by atoms with E-state index in [1.807, 2.05) is 6.07 Å². The van der Waals surface area contributed by atoms with E-state index in [2.05, 4.69) is 34.9 Å². The smallest absolute Gasteiger partial charge is 0.0486 e. The van der Waals surface area contributed by atoms with Crippen LogP contribution in [0.4, 0.5) is 0 Å². The third-order valence-electron chi connectivity index (χ3n) is 3.25. The Bertz CT molecular complexity index is 302. The van der Waals surface area contributed by atoms with Crippen LogP contribution in [0.1, 0.15) is 12.0 Å². The maximum atomic E-state index is 9.28. The number of hydrogen-bond donors (Lipinski definition) is 3. The van der Waals surface area contributed by atoms with Crippen LogP contribution in [0.2, 0.25) is 0 Å². The molecule has 1 saturated heterocycles. The number of hydrogen-bond acceptors (Lipinski definition) is 3. The van der Waals surface area contributed by atoms with Gasteiger partial charge in [0, 0.05) is 31.7 Å². The molecule has 0 unspecified atom stereocenters. The average Bonchev–Trinajstić information content (AvgIpc) is 2.38. The number of piperidine rings is 1. The minimum atomic E-state index is 0.263. The van der Waals surface area contributed by atoms with Crippen LogP contribution in [0, 0.1) is 5.92 Å². The molecule has 2 atom stereocenters. The summed E-state index contributed by atoms with van der Waals surface area (Å²) in [5, 5.41) is 16.1. The Morgan fingerprint density at radius 3 is 2.88 bits per heavy atom. The van der Waals surface area contributed by atoms with E-state index in [1.165, 1.54) is 5.56 Å². The van der Waals surface area contributed by atoms with Crippen LogP contribution in [0.3, 0.4) is 0 Å². The lowest BCUT2D eigenvalue weighted by molar-refractivity contribution is 0.162. The molecule has 0 spiro atoms. The Kier molecular flexibility index (Phi) is 4.34. The van der Waals surface area contributed by atoms with E-state index in [4.69, 9.17) is 0 Å². The van der Waals surface area contributed by atoms with Gasteiger partial charge in [-0.15, -0.1) is 0 Å². The predicted molar refractivity (Wildman–Crippen MR) is 65.1 cm³/mol. The zero-order valence-corrected chi connectivity index (χ0v) is 9.52. The first-order valence-corrected chi connectivity index (χ1v) is 5.99. The molecular weight excluding hydrogens is 200 g/mol. The normalized spacial score (nSPS) is 25.6. The Morgan fingerprint density at radius 1 is 1.31 bits per heavy atom. The van der Waals surface area contributed by atoms with Gasteiger partial charge in [0.05, 0.1) is 0 Å². The highest BCUT2D eigenvalue weighted by Gasteiger charge is 2.23. The molecule has 1 aliphatic heterocycles. The number of nitrogens with one attached hydrogen (secondary N) is 2. The topological polar surface area (TPSA) is 44.3 Å². The zero-order valence-electron chi connectivity index (χ0n) is 9.52. The van der Waals surface area contributed by atoms with Crippen LogP contribution in [0.15, 0.2) is 30.3 Å². The van der Waals surface area contributed by atoms with Crippen LogP contribution < -0.4 is 10.6 Å². The largest absolute Gasteiger partial charge is 0.396 e. The molecule has 3 nitrogen and oxygen atoms in total. The third kappa shape index (κ3) is 3.04. The maximum absolute atomic E-state index is 9.28. The Balaban J connectivity index is 1.84. The molecular formula is C13H20N2O. The summed E-state index contributed by atoms with van der Waals surface area (Å²) in [6, 6.07) is 10.8. The second-order valence-corrected chi connectivity index (χ2v) is 4.41. The van der Waals surface area contributed by atoms with E-state index in [1.54, 1.807) is 0 Å². The Morgan fingerprint density at radius 2 is 2.12 bits per heavy atom. The fraction of sp³-hybridized carbons (Fsp3) is 0.538. The standard InChI is InChI=1S/C13H20N2O/c16-10-12-9-14-7-6-13(12)15-8-11-4-2-1-3-5-11/h1-5,12-16H,6-10H2/t12-,13+/m0/s1. The van der Waals surface area contributed by atoms with Crippen LogP contribution in [-0.4, -0.2) is 30.8 Å². The lowest BCUT2D eigenvalue weighted by Crippen LogP contribution is -2.48. The predicted octanol–water partition coefficient (Wildman–Crippen LogP) is 0.747. The van der Waals surface area contributed by atoms with Crippen molar-refractivity contribution in [1.29, 1.82) is 0 Å². The van der Waals surface area contributed by atoms with Crippen molar-refractivity contribution in [3.05, 3.63) is 35.9 Å². The highest BCUT2D eigenvalue weighted by molar-refractivity contribution is 5.14. The molecule has 1 fully saturated rings. The van der Waals surface area contributed by atoms with E-state index in [0.717, 1.165) is 26.1 Å². The summed E-state index contributed by atoms with van der Waals surface area (Å²) in [6.07, 6.45) is 1.10. The molecule has 0 radical (unpaired) electrons. The van der Waals surface area contributed by atoms with Gasteiger partial charge in [-0.1, -0.05) is 30.3 Å². The van der Waals surface area contributed by atoms with Crippen molar-refractivity contribution >= 4 is 0 Å². The lowest BCUT2D eigenvalue weighted by Gasteiger charge is -2.31. The summed E-state index contributed by atoms with van der Waals surface area (Å²) in [6.45, 7) is 3.12. The van der Waals surface area contributed by atoms with Crippen molar-refractivity contribution in [2.75, 3.05) is 19.7 Å².